The van der Waals surface area contributed by atoms with Crippen LogP contribution in [-0.4, -0.2) is 13.1 Å². The molecule has 0 bridgehead atoms. The first-order chi connectivity index (χ1) is 13.7. The lowest BCUT2D eigenvalue weighted by Gasteiger charge is -2.15. The van der Waals surface area contributed by atoms with E-state index in [-0.39, 0.29) is 5.97 Å². The number of aryl methyl sites for hydroxylation is 1. The number of fused-ring (bicyclic) bond motifs is 2. The van der Waals surface area contributed by atoms with E-state index in [9.17, 15) is 4.79 Å². The zero-order valence-corrected chi connectivity index (χ0v) is 16.4. The number of carbonyl (C=O) groups excluding carboxylic acids is 1. The molecule has 28 heavy (non-hydrogen) atoms. The zero-order valence-electron chi connectivity index (χ0n) is 16.4. The van der Waals surface area contributed by atoms with Crippen LogP contribution in [0.15, 0.2) is 55.1 Å². The van der Waals surface area contributed by atoms with Gasteiger partial charge in [0, 0.05) is 6.42 Å². The maximum absolute atomic E-state index is 11.5. The SMILES string of the molecule is C=Cc1cccc2c1/c(=C\C)c1ccc(CCCC(=O)OC)c3cccc2c31. The average molecular weight is 368 g/mol. The minimum absolute atomic E-state index is 0.148. The molecule has 0 radical (unpaired) electrons. The molecule has 4 aromatic rings. The lowest BCUT2D eigenvalue weighted by molar-refractivity contribution is -0.140. The fourth-order valence-corrected chi connectivity index (χ4v) is 4.36. The highest BCUT2D eigenvalue weighted by Crippen LogP contribution is 2.34. The maximum Gasteiger partial charge on any atom is 0.305 e. The third kappa shape index (κ3) is 2.86. The van der Waals surface area contributed by atoms with Gasteiger partial charge in [-0.2, -0.15) is 0 Å². The van der Waals surface area contributed by atoms with Crippen molar-refractivity contribution in [3.05, 3.63) is 71.5 Å². The Hall–Kier alpha value is -3.13. The van der Waals surface area contributed by atoms with Gasteiger partial charge in [-0.3, -0.25) is 4.79 Å². The van der Waals surface area contributed by atoms with Gasteiger partial charge in [0.15, 0.2) is 0 Å². The highest BCUT2D eigenvalue weighted by molar-refractivity contribution is 6.23. The van der Waals surface area contributed by atoms with Gasteiger partial charge >= 0.3 is 5.97 Å². The number of ether oxygens (including phenoxy) is 1. The van der Waals surface area contributed by atoms with E-state index < -0.39 is 0 Å². The van der Waals surface area contributed by atoms with Gasteiger partial charge in [0.05, 0.1) is 7.11 Å². The number of hydrogen-bond donors (Lipinski definition) is 0. The molecular formula is C26H24O2. The third-order valence-corrected chi connectivity index (χ3v) is 5.64. The standard InChI is InChI=1S/C26H24O2/c1-4-17-9-6-12-21-22-13-8-11-20-18(10-7-14-24(27)28-3)15-16-23(26(20)22)19(5-2)25(17)21/h4-6,8-9,11-13,15-16H,1,7,10,14H2,2-3H3/b19-5-. The maximum atomic E-state index is 11.5. The minimum atomic E-state index is -0.148. The van der Waals surface area contributed by atoms with E-state index in [2.05, 4.69) is 68.1 Å². The monoisotopic (exact) mass is 368 g/mol. The van der Waals surface area contributed by atoms with Gasteiger partial charge in [-0.15, -0.1) is 0 Å². The van der Waals surface area contributed by atoms with Crippen LogP contribution in [0.3, 0.4) is 0 Å². The molecule has 0 unspecified atom stereocenters. The molecule has 0 saturated heterocycles. The molecule has 0 spiro atoms. The van der Waals surface area contributed by atoms with Crippen LogP contribution in [0.4, 0.5) is 0 Å². The van der Waals surface area contributed by atoms with Crippen LogP contribution < -0.4 is 5.22 Å². The van der Waals surface area contributed by atoms with E-state index >= 15 is 0 Å². The Labute approximate surface area is 165 Å². The predicted molar refractivity (Wildman–Crippen MR) is 119 cm³/mol. The second kappa shape index (κ2) is 7.47. The smallest absolute Gasteiger partial charge is 0.305 e. The molecule has 0 aliphatic heterocycles. The Balaban J connectivity index is 2.01. The van der Waals surface area contributed by atoms with Crippen LogP contribution in [0.25, 0.3) is 44.5 Å². The first-order valence-corrected chi connectivity index (χ1v) is 9.74. The molecule has 140 valence electrons. The van der Waals surface area contributed by atoms with Gasteiger partial charge < -0.3 is 4.74 Å². The molecule has 0 saturated carbocycles. The number of hydrogen-bond acceptors (Lipinski definition) is 2. The number of esters is 1. The fourth-order valence-electron chi connectivity index (χ4n) is 4.36. The van der Waals surface area contributed by atoms with E-state index in [1.54, 1.807) is 0 Å². The second-order valence-electron chi connectivity index (χ2n) is 7.11. The van der Waals surface area contributed by atoms with Gasteiger partial charge in [0.1, 0.15) is 0 Å². The van der Waals surface area contributed by atoms with E-state index in [0.29, 0.717) is 6.42 Å². The Kier molecular flexibility index (Phi) is 4.87. The van der Waals surface area contributed by atoms with Crippen molar-refractivity contribution in [1.82, 2.24) is 0 Å². The first-order valence-electron chi connectivity index (χ1n) is 9.74. The van der Waals surface area contributed by atoms with Crippen molar-refractivity contribution in [3.63, 3.8) is 0 Å². The summed E-state index contributed by atoms with van der Waals surface area (Å²) in [7, 11) is 1.44. The number of methoxy groups -OCH3 is 1. The van der Waals surface area contributed by atoms with Crippen molar-refractivity contribution < 1.29 is 9.53 Å². The normalized spacial score (nSPS) is 12.1. The van der Waals surface area contributed by atoms with Crippen LogP contribution in [0, 0.1) is 0 Å². The summed E-state index contributed by atoms with van der Waals surface area (Å²) in [5.41, 5.74) is 2.44. The van der Waals surface area contributed by atoms with Gasteiger partial charge in [0.25, 0.3) is 0 Å². The Bertz CT molecular complexity index is 1260. The Morgan fingerprint density at radius 3 is 2.39 bits per heavy atom. The van der Waals surface area contributed by atoms with Crippen molar-refractivity contribution in [2.45, 2.75) is 26.2 Å². The van der Waals surface area contributed by atoms with Crippen molar-refractivity contribution in [1.29, 1.82) is 0 Å². The summed E-state index contributed by atoms with van der Waals surface area (Å²) in [5.74, 6) is -0.148. The molecule has 4 rings (SSSR count). The van der Waals surface area contributed by atoms with Crippen LogP contribution >= 0.6 is 0 Å². The molecule has 0 N–H and O–H groups in total. The summed E-state index contributed by atoms with van der Waals surface area (Å²) in [6, 6.07) is 17.4. The van der Waals surface area contributed by atoms with Crippen LogP contribution in [0.1, 0.15) is 30.9 Å². The molecule has 0 fully saturated rings. The molecule has 0 amide bonds. The van der Waals surface area contributed by atoms with Gasteiger partial charge in [-0.1, -0.05) is 67.3 Å². The molecule has 0 aliphatic rings. The van der Waals surface area contributed by atoms with Gasteiger partial charge in [-0.25, -0.2) is 0 Å². The first kappa shape index (κ1) is 18.2. The van der Waals surface area contributed by atoms with Crippen molar-refractivity contribution in [2.24, 2.45) is 0 Å². The van der Waals surface area contributed by atoms with Crippen molar-refractivity contribution >= 4 is 50.4 Å². The summed E-state index contributed by atoms with van der Waals surface area (Å²) >= 11 is 0. The third-order valence-electron chi connectivity index (χ3n) is 5.64. The summed E-state index contributed by atoms with van der Waals surface area (Å²) in [4.78, 5) is 11.5. The topological polar surface area (TPSA) is 26.3 Å². The zero-order chi connectivity index (χ0) is 19.7. The largest absolute Gasteiger partial charge is 0.469 e. The van der Waals surface area contributed by atoms with Gasteiger partial charge in [-0.05, 0) is 68.4 Å². The van der Waals surface area contributed by atoms with Gasteiger partial charge in [0.2, 0.25) is 0 Å². The number of benzene rings is 4. The summed E-state index contributed by atoms with van der Waals surface area (Å²) < 4.78 is 4.78. The molecule has 2 nitrogen and oxygen atoms in total. The highest BCUT2D eigenvalue weighted by atomic mass is 16.5. The quantitative estimate of drug-likeness (QED) is 0.253. The lowest BCUT2D eigenvalue weighted by atomic mass is 9.88. The van der Waals surface area contributed by atoms with Crippen molar-refractivity contribution in [2.75, 3.05) is 7.11 Å². The fraction of sp³-hybridized carbons (Fsp3) is 0.192. The summed E-state index contributed by atoms with van der Waals surface area (Å²) in [6.45, 7) is 6.12. The lowest BCUT2D eigenvalue weighted by Crippen LogP contribution is -2.07. The molecular weight excluding hydrogens is 344 g/mol. The van der Waals surface area contributed by atoms with E-state index in [4.69, 9.17) is 4.74 Å². The number of carbonyl (C=O) groups is 1. The molecule has 0 aromatic heterocycles. The molecule has 2 heteroatoms. The van der Waals surface area contributed by atoms with Crippen molar-refractivity contribution in [3.8, 4) is 0 Å². The molecule has 4 aromatic carbocycles. The summed E-state index contributed by atoms with van der Waals surface area (Å²) in [6.07, 6.45) is 6.24. The minimum Gasteiger partial charge on any atom is -0.469 e. The molecule has 0 atom stereocenters. The van der Waals surface area contributed by atoms with Crippen LogP contribution in [-0.2, 0) is 16.0 Å². The predicted octanol–water partition coefficient (Wildman–Crippen LogP) is 5.80. The molecule has 0 heterocycles. The number of rotatable bonds is 5. The van der Waals surface area contributed by atoms with Crippen LogP contribution in [0.5, 0.6) is 0 Å². The summed E-state index contributed by atoms with van der Waals surface area (Å²) in [5, 5.41) is 8.90. The van der Waals surface area contributed by atoms with E-state index in [1.165, 1.54) is 50.2 Å². The Morgan fingerprint density at radius 1 is 0.964 bits per heavy atom. The molecule has 0 aliphatic carbocycles. The average Bonchev–Trinajstić information content (AvgIpc) is 2.74. The van der Waals surface area contributed by atoms with E-state index in [0.717, 1.165) is 18.4 Å². The Morgan fingerprint density at radius 2 is 1.68 bits per heavy atom. The second-order valence-corrected chi connectivity index (χ2v) is 7.11. The van der Waals surface area contributed by atoms with Crippen LogP contribution in [0.2, 0.25) is 0 Å². The highest BCUT2D eigenvalue weighted by Gasteiger charge is 2.13. The van der Waals surface area contributed by atoms with E-state index in [1.807, 2.05) is 6.08 Å².